The van der Waals surface area contributed by atoms with Crippen molar-refractivity contribution in [1.82, 2.24) is 15.4 Å². The predicted octanol–water partition coefficient (Wildman–Crippen LogP) is 5.05. The number of anilines is 4. The van der Waals surface area contributed by atoms with E-state index in [1.54, 1.807) is 23.8 Å². The average Bonchev–Trinajstić information content (AvgIpc) is 2.87. The molecule has 196 valence electrons. The van der Waals surface area contributed by atoms with Gasteiger partial charge in [-0.2, -0.15) is 0 Å². The second-order valence-corrected chi connectivity index (χ2v) is 8.22. The summed E-state index contributed by atoms with van der Waals surface area (Å²) in [4.78, 5) is 43.1. The predicted molar refractivity (Wildman–Crippen MR) is 145 cm³/mol. The van der Waals surface area contributed by atoms with E-state index in [1.165, 1.54) is 6.92 Å². The highest BCUT2D eigenvalue weighted by molar-refractivity contribution is 5.91. The van der Waals surface area contributed by atoms with Gasteiger partial charge in [0.2, 0.25) is 23.7 Å². The van der Waals surface area contributed by atoms with Gasteiger partial charge in [0.05, 0.1) is 5.69 Å². The zero-order valence-electron chi connectivity index (χ0n) is 20.5. The number of carbonyl (C=O) groups is 3. The van der Waals surface area contributed by atoms with E-state index in [4.69, 9.17) is 5.21 Å². The Labute approximate surface area is 221 Å². The van der Waals surface area contributed by atoms with Gasteiger partial charge in [-0.05, 0) is 55.3 Å². The van der Waals surface area contributed by atoms with Crippen LogP contribution >= 0.6 is 12.4 Å². The van der Waals surface area contributed by atoms with E-state index in [2.05, 4.69) is 25.9 Å². The van der Waals surface area contributed by atoms with E-state index in [-0.39, 0.29) is 36.5 Å². The first-order chi connectivity index (χ1) is 17.4. The number of amides is 3. The highest BCUT2D eigenvalue weighted by Crippen LogP contribution is 2.22. The molecule has 10 nitrogen and oxygen atoms in total. The molecule has 0 bridgehead atoms. The molecular weight excluding hydrogens is 496 g/mol. The highest BCUT2D eigenvalue weighted by atomic mass is 35.5. The Bertz CT molecular complexity index is 1170. The lowest BCUT2D eigenvalue weighted by atomic mass is 10.1. The van der Waals surface area contributed by atoms with Gasteiger partial charge in [-0.1, -0.05) is 25.0 Å². The molecule has 11 heteroatoms. The number of hydroxylamine groups is 1. The molecule has 0 saturated carbocycles. The van der Waals surface area contributed by atoms with Gasteiger partial charge in [0, 0.05) is 48.6 Å². The molecule has 3 aromatic rings. The van der Waals surface area contributed by atoms with Crippen LogP contribution in [-0.2, 0) is 14.4 Å². The fraction of sp³-hybridized carbons (Fsp3) is 0.269. The summed E-state index contributed by atoms with van der Waals surface area (Å²) in [6.45, 7) is 1.46. The molecule has 0 unspecified atom stereocenters. The normalized spacial score (nSPS) is 10.1. The van der Waals surface area contributed by atoms with E-state index >= 15 is 0 Å². The summed E-state index contributed by atoms with van der Waals surface area (Å²) in [7, 11) is 0. The molecule has 1 heterocycles. The van der Waals surface area contributed by atoms with E-state index in [1.807, 2.05) is 42.5 Å². The number of halogens is 1. The Morgan fingerprint density at radius 3 is 1.95 bits per heavy atom. The molecule has 0 aliphatic carbocycles. The molecule has 0 fully saturated rings. The molecule has 0 radical (unpaired) electrons. The van der Waals surface area contributed by atoms with Crippen molar-refractivity contribution < 1.29 is 19.6 Å². The zero-order valence-corrected chi connectivity index (χ0v) is 21.3. The first-order valence-corrected chi connectivity index (χ1v) is 11.7. The third-order valence-electron chi connectivity index (χ3n) is 5.26. The van der Waals surface area contributed by atoms with Gasteiger partial charge in [-0.15, -0.1) is 12.4 Å². The lowest BCUT2D eigenvalue weighted by molar-refractivity contribution is -0.129. The third kappa shape index (κ3) is 10.2. The van der Waals surface area contributed by atoms with Crippen LogP contribution in [0.5, 0.6) is 0 Å². The average molecular weight is 527 g/mol. The number of hydrogen-bond donors (Lipinski definition) is 5. The third-order valence-corrected chi connectivity index (χ3v) is 5.26. The second-order valence-electron chi connectivity index (χ2n) is 8.22. The van der Waals surface area contributed by atoms with Crippen LogP contribution in [0.1, 0.15) is 45.4 Å². The van der Waals surface area contributed by atoms with Gasteiger partial charge in [0.15, 0.2) is 0 Å². The van der Waals surface area contributed by atoms with E-state index in [0.717, 1.165) is 41.9 Å². The Morgan fingerprint density at radius 1 is 0.757 bits per heavy atom. The minimum absolute atomic E-state index is 0. The smallest absolute Gasteiger partial charge is 0.243 e. The number of hydrogen-bond acceptors (Lipinski definition) is 7. The van der Waals surface area contributed by atoms with Crippen molar-refractivity contribution in [2.75, 3.05) is 16.0 Å². The Hall–Kier alpha value is -4.02. The van der Waals surface area contributed by atoms with E-state index in [0.29, 0.717) is 24.5 Å². The number of aromatic nitrogens is 2. The van der Waals surface area contributed by atoms with Gasteiger partial charge in [0.1, 0.15) is 0 Å². The molecule has 2 aromatic carbocycles. The summed E-state index contributed by atoms with van der Waals surface area (Å²) in [6.07, 6.45) is 5.43. The maximum absolute atomic E-state index is 12.2. The summed E-state index contributed by atoms with van der Waals surface area (Å²) in [5.41, 5.74) is 5.43. The molecule has 3 amide bonds. The maximum Gasteiger partial charge on any atom is 0.243 e. The van der Waals surface area contributed by atoms with Crippen LogP contribution in [0.15, 0.2) is 60.8 Å². The van der Waals surface area contributed by atoms with Crippen molar-refractivity contribution in [2.45, 2.75) is 45.4 Å². The second kappa shape index (κ2) is 15.2. The fourth-order valence-corrected chi connectivity index (χ4v) is 3.48. The van der Waals surface area contributed by atoms with Crippen molar-refractivity contribution in [1.29, 1.82) is 0 Å². The summed E-state index contributed by atoms with van der Waals surface area (Å²) >= 11 is 0. The van der Waals surface area contributed by atoms with E-state index < -0.39 is 0 Å². The number of nitrogens with one attached hydrogen (secondary N) is 4. The summed E-state index contributed by atoms with van der Waals surface area (Å²) < 4.78 is 0. The first-order valence-electron chi connectivity index (χ1n) is 11.7. The first kappa shape index (κ1) is 29.2. The number of rotatable bonds is 12. The number of unbranched alkanes of at least 4 members (excludes halogenated alkanes) is 3. The van der Waals surface area contributed by atoms with Crippen LogP contribution in [0.3, 0.4) is 0 Å². The van der Waals surface area contributed by atoms with Crippen molar-refractivity contribution in [3.63, 3.8) is 0 Å². The lowest BCUT2D eigenvalue weighted by Crippen LogP contribution is -2.17. The van der Waals surface area contributed by atoms with Crippen LogP contribution in [0.2, 0.25) is 0 Å². The Morgan fingerprint density at radius 2 is 1.32 bits per heavy atom. The van der Waals surface area contributed by atoms with Gasteiger partial charge in [-0.25, -0.2) is 15.4 Å². The molecule has 0 aliphatic heterocycles. The van der Waals surface area contributed by atoms with Crippen molar-refractivity contribution in [2.24, 2.45) is 0 Å². The van der Waals surface area contributed by atoms with Crippen LogP contribution in [0.25, 0.3) is 11.3 Å². The van der Waals surface area contributed by atoms with Crippen molar-refractivity contribution >= 4 is 53.1 Å². The monoisotopic (exact) mass is 526 g/mol. The molecular formula is C26H31ClN6O4. The van der Waals surface area contributed by atoms with Crippen LogP contribution in [0.4, 0.5) is 23.0 Å². The SMILES string of the molecule is CC(=O)Nc1ccc(-c2ccnc(Nc3ccc(NC(=O)CCCCCCC(=O)NO)cc3)n2)cc1.Cl. The Balaban J connectivity index is 0.00000481. The highest BCUT2D eigenvalue weighted by Gasteiger charge is 2.06. The zero-order chi connectivity index (χ0) is 25.8. The molecule has 0 saturated heterocycles. The van der Waals surface area contributed by atoms with Gasteiger partial charge < -0.3 is 16.0 Å². The van der Waals surface area contributed by atoms with Crippen molar-refractivity contribution in [3.8, 4) is 11.3 Å². The fourth-order valence-electron chi connectivity index (χ4n) is 3.48. The minimum atomic E-state index is -0.389. The van der Waals surface area contributed by atoms with Gasteiger partial charge in [-0.3, -0.25) is 19.6 Å². The molecule has 37 heavy (non-hydrogen) atoms. The van der Waals surface area contributed by atoms with Crippen molar-refractivity contribution in [3.05, 3.63) is 60.8 Å². The molecule has 3 rings (SSSR count). The lowest BCUT2D eigenvalue weighted by Gasteiger charge is -2.09. The molecule has 1 aromatic heterocycles. The van der Waals surface area contributed by atoms with Crippen LogP contribution < -0.4 is 21.4 Å². The van der Waals surface area contributed by atoms with E-state index in [9.17, 15) is 14.4 Å². The summed E-state index contributed by atoms with van der Waals surface area (Å²) in [5, 5.41) is 17.2. The maximum atomic E-state index is 12.2. The molecule has 0 spiro atoms. The van der Waals surface area contributed by atoms with Crippen LogP contribution in [-0.4, -0.2) is 32.9 Å². The number of nitrogens with zero attached hydrogens (tertiary/aromatic N) is 2. The summed E-state index contributed by atoms with van der Waals surface area (Å²) in [5.74, 6) is -0.142. The topological polar surface area (TPSA) is 145 Å². The molecule has 0 atom stereocenters. The minimum Gasteiger partial charge on any atom is -0.326 e. The van der Waals surface area contributed by atoms with Gasteiger partial charge in [0.25, 0.3) is 0 Å². The van der Waals surface area contributed by atoms with Crippen LogP contribution in [0, 0.1) is 0 Å². The van der Waals surface area contributed by atoms with Gasteiger partial charge >= 0.3 is 0 Å². The largest absolute Gasteiger partial charge is 0.326 e. The quantitative estimate of drug-likeness (QED) is 0.126. The molecule has 5 N–H and O–H groups in total. The standard InChI is InChI=1S/C26H30N6O4.ClH/c1-18(33)28-20-10-8-19(9-11-20)23-16-17-27-26(31-23)30-22-14-12-21(13-15-22)29-24(34)6-4-2-3-5-7-25(35)32-36;/h8-17,36H,2-7H2,1H3,(H,28,33)(H,29,34)(H,32,35)(H,27,30,31);1H. The summed E-state index contributed by atoms with van der Waals surface area (Å²) in [6, 6.07) is 16.5. The number of benzene rings is 2. The Kier molecular flexibility index (Phi) is 12.0. The number of carbonyl (C=O) groups excluding carboxylic acids is 3. The molecule has 0 aliphatic rings.